The Labute approximate surface area is 126 Å². The molecule has 1 atom stereocenters. The molecule has 0 aliphatic rings. The summed E-state index contributed by atoms with van der Waals surface area (Å²) < 4.78 is 0. The Morgan fingerprint density at radius 3 is 2.52 bits per heavy atom. The van der Waals surface area contributed by atoms with Crippen LogP contribution < -0.4 is 10.6 Å². The smallest absolute Gasteiger partial charge is 0.321 e. The van der Waals surface area contributed by atoms with Gasteiger partial charge in [-0.1, -0.05) is 19.4 Å². The third-order valence-corrected chi connectivity index (χ3v) is 3.49. The first kappa shape index (κ1) is 17.0. The average Bonchev–Trinajstić information content (AvgIpc) is 2.41. The number of urea groups is 1. The lowest BCUT2D eigenvalue weighted by molar-refractivity contribution is -0.114. The molecule has 0 radical (unpaired) electrons. The summed E-state index contributed by atoms with van der Waals surface area (Å²) in [6.07, 6.45) is 2.00. The lowest BCUT2D eigenvalue weighted by atomic mass is 10.1. The van der Waals surface area contributed by atoms with Crippen LogP contribution in [0.2, 0.25) is 0 Å². The highest BCUT2D eigenvalue weighted by Crippen LogP contribution is 2.20. The van der Waals surface area contributed by atoms with Crippen molar-refractivity contribution in [2.45, 2.75) is 46.6 Å². The van der Waals surface area contributed by atoms with E-state index in [1.54, 1.807) is 18.0 Å². The number of hydrogen-bond donors (Lipinski definition) is 2. The molecule has 0 spiro atoms. The van der Waals surface area contributed by atoms with Gasteiger partial charge in [0, 0.05) is 31.4 Å². The molecule has 0 unspecified atom stereocenters. The fourth-order valence-corrected chi connectivity index (χ4v) is 2.05. The SMILES string of the molecule is CCC[C@H](C)N(C)C(=O)Nc1ccc(C)c(NC(C)=O)c1. The predicted octanol–water partition coefficient (Wildman–Crippen LogP) is 3.61. The number of nitrogens with zero attached hydrogens (tertiary/aromatic N) is 1. The maximum atomic E-state index is 12.2. The van der Waals surface area contributed by atoms with Gasteiger partial charge in [0.15, 0.2) is 0 Å². The summed E-state index contributed by atoms with van der Waals surface area (Å²) in [6, 6.07) is 5.52. The molecule has 0 fully saturated rings. The summed E-state index contributed by atoms with van der Waals surface area (Å²) in [5, 5.41) is 5.61. The lowest BCUT2D eigenvalue weighted by Gasteiger charge is -2.25. The van der Waals surface area contributed by atoms with E-state index in [9.17, 15) is 9.59 Å². The van der Waals surface area contributed by atoms with E-state index >= 15 is 0 Å². The molecule has 0 saturated carbocycles. The third-order valence-electron chi connectivity index (χ3n) is 3.49. The van der Waals surface area contributed by atoms with Crippen LogP contribution in [0.3, 0.4) is 0 Å². The molecule has 1 aromatic carbocycles. The molecule has 1 aromatic rings. The van der Waals surface area contributed by atoms with E-state index in [1.165, 1.54) is 6.92 Å². The second-order valence-electron chi connectivity index (χ2n) is 5.39. The van der Waals surface area contributed by atoms with E-state index in [-0.39, 0.29) is 18.0 Å². The Morgan fingerprint density at radius 1 is 1.29 bits per heavy atom. The van der Waals surface area contributed by atoms with Gasteiger partial charge in [0.25, 0.3) is 0 Å². The molecule has 3 amide bonds. The largest absolute Gasteiger partial charge is 0.326 e. The van der Waals surface area contributed by atoms with Crippen LogP contribution in [0.4, 0.5) is 16.2 Å². The van der Waals surface area contributed by atoms with Crippen LogP contribution in [0.15, 0.2) is 18.2 Å². The third kappa shape index (κ3) is 5.10. The van der Waals surface area contributed by atoms with E-state index in [0.29, 0.717) is 11.4 Å². The van der Waals surface area contributed by atoms with Gasteiger partial charge >= 0.3 is 6.03 Å². The minimum Gasteiger partial charge on any atom is -0.326 e. The van der Waals surface area contributed by atoms with Gasteiger partial charge in [0.1, 0.15) is 0 Å². The topological polar surface area (TPSA) is 61.4 Å². The minimum atomic E-state index is -0.145. The van der Waals surface area contributed by atoms with Gasteiger partial charge in [0.05, 0.1) is 0 Å². The Kier molecular flexibility index (Phi) is 6.21. The summed E-state index contributed by atoms with van der Waals surface area (Å²) in [5.74, 6) is -0.129. The summed E-state index contributed by atoms with van der Waals surface area (Å²) in [5.41, 5.74) is 2.34. The van der Waals surface area contributed by atoms with E-state index in [2.05, 4.69) is 17.6 Å². The zero-order chi connectivity index (χ0) is 16.0. The molecule has 0 aromatic heterocycles. The fraction of sp³-hybridized carbons (Fsp3) is 0.500. The van der Waals surface area contributed by atoms with Gasteiger partial charge in [-0.05, 0) is 38.0 Å². The Morgan fingerprint density at radius 2 is 1.95 bits per heavy atom. The number of rotatable bonds is 5. The van der Waals surface area contributed by atoms with Crippen molar-refractivity contribution in [3.05, 3.63) is 23.8 Å². The van der Waals surface area contributed by atoms with E-state index < -0.39 is 0 Å². The van der Waals surface area contributed by atoms with Crippen molar-refractivity contribution < 1.29 is 9.59 Å². The molecule has 0 aliphatic heterocycles. The van der Waals surface area contributed by atoms with Crippen molar-refractivity contribution in [2.75, 3.05) is 17.7 Å². The first-order valence-corrected chi connectivity index (χ1v) is 7.27. The Bertz CT molecular complexity index is 514. The van der Waals surface area contributed by atoms with Crippen LogP contribution in [0.5, 0.6) is 0 Å². The van der Waals surface area contributed by atoms with Gasteiger partial charge in [-0.3, -0.25) is 4.79 Å². The highest BCUT2D eigenvalue weighted by atomic mass is 16.2. The molecule has 5 nitrogen and oxygen atoms in total. The monoisotopic (exact) mass is 291 g/mol. The normalized spacial score (nSPS) is 11.7. The zero-order valence-electron chi connectivity index (χ0n) is 13.5. The van der Waals surface area contributed by atoms with Gasteiger partial charge in [-0.2, -0.15) is 0 Å². The molecular formula is C16H25N3O2. The molecule has 0 saturated heterocycles. The van der Waals surface area contributed by atoms with Crippen molar-refractivity contribution in [1.82, 2.24) is 4.90 Å². The van der Waals surface area contributed by atoms with Crippen molar-refractivity contribution in [2.24, 2.45) is 0 Å². The number of aryl methyl sites for hydroxylation is 1. The highest BCUT2D eigenvalue weighted by molar-refractivity contribution is 5.93. The average molecular weight is 291 g/mol. The van der Waals surface area contributed by atoms with E-state index in [1.807, 2.05) is 26.0 Å². The Hall–Kier alpha value is -2.04. The van der Waals surface area contributed by atoms with Gasteiger partial charge in [-0.15, -0.1) is 0 Å². The number of carbonyl (C=O) groups is 2. The number of hydrogen-bond acceptors (Lipinski definition) is 2. The number of carbonyl (C=O) groups excluding carboxylic acids is 2. The summed E-state index contributed by atoms with van der Waals surface area (Å²) >= 11 is 0. The van der Waals surface area contributed by atoms with Gasteiger partial charge in [-0.25, -0.2) is 4.79 Å². The number of amides is 3. The molecule has 116 valence electrons. The zero-order valence-corrected chi connectivity index (χ0v) is 13.5. The fourth-order valence-electron chi connectivity index (χ4n) is 2.05. The van der Waals surface area contributed by atoms with Crippen LogP contribution in [-0.2, 0) is 4.79 Å². The van der Waals surface area contributed by atoms with Crippen LogP contribution in [-0.4, -0.2) is 29.9 Å². The van der Waals surface area contributed by atoms with E-state index in [0.717, 1.165) is 18.4 Å². The van der Waals surface area contributed by atoms with Crippen LogP contribution in [0.1, 0.15) is 39.2 Å². The summed E-state index contributed by atoms with van der Waals surface area (Å²) in [6.45, 7) is 7.50. The molecule has 1 rings (SSSR count). The number of anilines is 2. The molecular weight excluding hydrogens is 266 g/mol. The predicted molar refractivity (Wildman–Crippen MR) is 86.6 cm³/mol. The molecule has 21 heavy (non-hydrogen) atoms. The van der Waals surface area contributed by atoms with Crippen molar-refractivity contribution in [3.8, 4) is 0 Å². The molecule has 0 bridgehead atoms. The number of nitrogens with one attached hydrogen (secondary N) is 2. The first-order chi connectivity index (χ1) is 9.85. The first-order valence-electron chi connectivity index (χ1n) is 7.27. The van der Waals surface area contributed by atoms with Crippen molar-refractivity contribution in [3.63, 3.8) is 0 Å². The Balaban J connectivity index is 2.78. The van der Waals surface area contributed by atoms with Crippen LogP contribution >= 0.6 is 0 Å². The number of benzene rings is 1. The standard InChI is InChI=1S/C16H25N3O2/c1-6-7-12(3)19(5)16(21)18-14-9-8-11(2)15(10-14)17-13(4)20/h8-10,12H,6-7H2,1-5H3,(H,17,20)(H,18,21)/t12-/m0/s1. The van der Waals surface area contributed by atoms with Crippen LogP contribution in [0, 0.1) is 6.92 Å². The molecule has 2 N–H and O–H groups in total. The maximum Gasteiger partial charge on any atom is 0.321 e. The van der Waals surface area contributed by atoms with Crippen molar-refractivity contribution in [1.29, 1.82) is 0 Å². The maximum absolute atomic E-state index is 12.2. The summed E-state index contributed by atoms with van der Waals surface area (Å²) in [4.78, 5) is 25.0. The van der Waals surface area contributed by atoms with Gasteiger partial charge < -0.3 is 15.5 Å². The van der Waals surface area contributed by atoms with Crippen molar-refractivity contribution >= 4 is 23.3 Å². The summed E-state index contributed by atoms with van der Waals surface area (Å²) in [7, 11) is 1.79. The second kappa shape index (κ2) is 7.67. The minimum absolute atomic E-state index is 0.129. The highest BCUT2D eigenvalue weighted by Gasteiger charge is 2.15. The molecule has 5 heteroatoms. The lowest BCUT2D eigenvalue weighted by Crippen LogP contribution is -2.38. The quantitative estimate of drug-likeness (QED) is 0.870. The van der Waals surface area contributed by atoms with E-state index in [4.69, 9.17) is 0 Å². The second-order valence-corrected chi connectivity index (χ2v) is 5.39. The van der Waals surface area contributed by atoms with Gasteiger partial charge in [0.2, 0.25) is 5.91 Å². The van der Waals surface area contributed by atoms with Crippen LogP contribution in [0.25, 0.3) is 0 Å². The molecule has 0 aliphatic carbocycles. The molecule has 0 heterocycles.